The molecule has 4 N–H and O–H groups in total. The number of halogens is 1. The van der Waals surface area contributed by atoms with Crippen molar-refractivity contribution in [2.45, 2.75) is 13.8 Å². The Bertz CT molecular complexity index is 316. The van der Waals surface area contributed by atoms with E-state index in [-0.39, 0.29) is 5.91 Å². The molecule has 0 saturated heterocycles. The summed E-state index contributed by atoms with van der Waals surface area (Å²) in [7, 11) is 0. The van der Waals surface area contributed by atoms with Crippen LogP contribution >= 0.6 is 15.9 Å². The second-order valence-corrected chi connectivity index (χ2v) is 3.45. The predicted octanol–water partition coefficient (Wildman–Crippen LogP) is 2.05. The Labute approximate surface area is 91.2 Å². The Kier molecular flexibility index (Phi) is 6.11. The zero-order chi connectivity index (χ0) is 11.1. The van der Waals surface area contributed by atoms with Crippen molar-refractivity contribution in [2.24, 2.45) is 5.90 Å². The number of hydrogen-bond acceptors (Lipinski definition) is 3. The van der Waals surface area contributed by atoms with Gasteiger partial charge in [0.2, 0.25) is 5.91 Å². The summed E-state index contributed by atoms with van der Waals surface area (Å²) in [5.74, 6) is 3.45. The molecule has 0 saturated carbocycles. The van der Waals surface area contributed by atoms with Gasteiger partial charge >= 0.3 is 0 Å². The summed E-state index contributed by atoms with van der Waals surface area (Å²) in [6.45, 7) is 3.45. The number of anilines is 1. The van der Waals surface area contributed by atoms with Crippen molar-refractivity contribution in [3.63, 3.8) is 0 Å². The maximum atomic E-state index is 10.8. The van der Waals surface area contributed by atoms with Crippen LogP contribution in [-0.4, -0.2) is 11.1 Å². The third-order valence-electron chi connectivity index (χ3n) is 1.58. The Morgan fingerprint density at radius 1 is 1.50 bits per heavy atom. The fraction of sp³-hybridized carbons (Fsp3) is 0.222. The minimum atomic E-state index is -0.0452. The van der Waals surface area contributed by atoms with E-state index in [1.807, 2.05) is 25.1 Å². The van der Waals surface area contributed by atoms with Crippen LogP contribution in [0.1, 0.15) is 12.5 Å². The Morgan fingerprint density at radius 3 is 2.57 bits per heavy atom. The first kappa shape index (κ1) is 13.1. The van der Waals surface area contributed by atoms with Gasteiger partial charge in [0.1, 0.15) is 0 Å². The average molecular weight is 261 g/mol. The van der Waals surface area contributed by atoms with Gasteiger partial charge in [0, 0.05) is 17.1 Å². The first-order valence-electron chi connectivity index (χ1n) is 3.90. The van der Waals surface area contributed by atoms with Crippen LogP contribution in [0.3, 0.4) is 0 Å². The standard InChI is InChI=1S/C9H10BrNO.H3NO/c1-6-8(10)4-3-5-9(6)11-7(2)12;1-2/h3-5H,1-2H3,(H,11,12);2H,1H2. The molecule has 0 aliphatic carbocycles. The highest BCUT2D eigenvalue weighted by Crippen LogP contribution is 2.23. The molecule has 5 heteroatoms. The van der Waals surface area contributed by atoms with Crippen LogP contribution in [0.2, 0.25) is 0 Å². The summed E-state index contributed by atoms with van der Waals surface area (Å²) in [5.41, 5.74) is 1.91. The molecule has 0 aliphatic heterocycles. The smallest absolute Gasteiger partial charge is 0.221 e. The summed E-state index contributed by atoms with van der Waals surface area (Å²) in [4.78, 5) is 10.8. The molecule has 1 aromatic rings. The highest BCUT2D eigenvalue weighted by atomic mass is 79.9. The van der Waals surface area contributed by atoms with Crippen LogP contribution < -0.4 is 11.2 Å². The molecular weight excluding hydrogens is 248 g/mol. The number of nitrogens with one attached hydrogen (secondary N) is 1. The SMILES string of the molecule is CC(=O)Nc1cccc(Br)c1C.NO. The van der Waals surface area contributed by atoms with E-state index in [9.17, 15) is 4.79 Å². The van der Waals surface area contributed by atoms with Crippen molar-refractivity contribution in [3.05, 3.63) is 28.2 Å². The molecule has 1 rings (SSSR count). The van der Waals surface area contributed by atoms with Crippen LogP contribution in [0.5, 0.6) is 0 Å². The van der Waals surface area contributed by atoms with Gasteiger partial charge in [0.25, 0.3) is 0 Å². The molecule has 0 atom stereocenters. The van der Waals surface area contributed by atoms with Gasteiger partial charge in [-0.05, 0) is 24.6 Å². The van der Waals surface area contributed by atoms with E-state index < -0.39 is 0 Å². The Balaban J connectivity index is 0.000000791. The minimum absolute atomic E-state index is 0.0452. The summed E-state index contributed by atoms with van der Waals surface area (Å²) in [6, 6.07) is 5.71. The molecule has 0 spiro atoms. The van der Waals surface area contributed by atoms with Crippen LogP contribution in [0.4, 0.5) is 5.69 Å². The molecule has 0 aromatic heterocycles. The van der Waals surface area contributed by atoms with Gasteiger partial charge in [-0.25, -0.2) is 5.90 Å². The molecule has 0 bridgehead atoms. The van der Waals surface area contributed by atoms with E-state index in [0.29, 0.717) is 0 Å². The van der Waals surface area contributed by atoms with Crippen molar-refractivity contribution in [1.29, 1.82) is 0 Å². The lowest BCUT2D eigenvalue weighted by atomic mass is 10.2. The first-order valence-corrected chi connectivity index (χ1v) is 4.69. The molecule has 78 valence electrons. The van der Waals surface area contributed by atoms with Crippen LogP contribution in [0, 0.1) is 6.92 Å². The van der Waals surface area contributed by atoms with Crippen LogP contribution in [-0.2, 0) is 4.79 Å². The monoisotopic (exact) mass is 260 g/mol. The van der Waals surface area contributed by atoms with E-state index in [1.165, 1.54) is 6.92 Å². The zero-order valence-electron chi connectivity index (χ0n) is 8.04. The lowest BCUT2D eigenvalue weighted by molar-refractivity contribution is -0.114. The fourth-order valence-corrected chi connectivity index (χ4v) is 1.30. The fourth-order valence-electron chi connectivity index (χ4n) is 0.933. The lowest BCUT2D eigenvalue weighted by Crippen LogP contribution is -2.06. The van der Waals surface area contributed by atoms with Gasteiger partial charge in [0.15, 0.2) is 0 Å². The Morgan fingerprint density at radius 2 is 2.07 bits per heavy atom. The molecular formula is C9H13BrN2O2. The number of hydrogen-bond donors (Lipinski definition) is 3. The number of rotatable bonds is 1. The van der Waals surface area contributed by atoms with Gasteiger partial charge in [-0.2, -0.15) is 0 Å². The topological polar surface area (TPSA) is 75.4 Å². The quantitative estimate of drug-likeness (QED) is 0.677. The molecule has 0 aliphatic rings. The number of carbonyl (C=O) groups is 1. The Hall–Kier alpha value is -0.910. The minimum Gasteiger partial charge on any atom is -0.326 e. The second-order valence-electron chi connectivity index (χ2n) is 2.59. The summed E-state index contributed by atoms with van der Waals surface area (Å²) >= 11 is 3.38. The lowest BCUT2D eigenvalue weighted by Gasteiger charge is -2.06. The number of amides is 1. The number of nitrogens with two attached hydrogens (primary N) is 1. The van der Waals surface area contributed by atoms with E-state index in [4.69, 9.17) is 5.21 Å². The summed E-state index contributed by atoms with van der Waals surface area (Å²) in [5, 5.41) is 9.24. The van der Waals surface area contributed by atoms with Crippen molar-refractivity contribution >= 4 is 27.5 Å². The molecule has 0 unspecified atom stereocenters. The molecule has 0 heterocycles. The number of carbonyl (C=O) groups excluding carboxylic acids is 1. The normalized spacial score (nSPS) is 8.64. The van der Waals surface area contributed by atoms with Gasteiger partial charge < -0.3 is 10.5 Å². The maximum absolute atomic E-state index is 10.8. The van der Waals surface area contributed by atoms with Crippen molar-refractivity contribution in [2.75, 3.05) is 5.32 Å². The molecule has 1 aromatic carbocycles. The van der Waals surface area contributed by atoms with E-state index in [0.717, 1.165) is 15.7 Å². The van der Waals surface area contributed by atoms with E-state index >= 15 is 0 Å². The molecule has 4 nitrogen and oxygen atoms in total. The van der Waals surface area contributed by atoms with Crippen LogP contribution in [0.15, 0.2) is 22.7 Å². The zero-order valence-corrected chi connectivity index (χ0v) is 9.63. The van der Waals surface area contributed by atoms with Crippen LogP contribution in [0.25, 0.3) is 0 Å². The second kappa shape index (κ2) is 6.53. The third-order valence-corrected chi connectivity index (χ3v) is 2.44. The van der Waals surface area contributed by atoms with E-state index in [2.05, 4.69) is 27.1 Å². The molecule has 1 amide bonds. The highest BCUT2D eigenvalue weighted by molar-refractivity contribution is 9.10. The summed E-state index contributed by atoms with van der Waals surface area (Å²) in [6.07, 6.45) is 0. The van der Waals surface area contributed by atoms with Crippen molar-refractivity contribution < 1.29 is 10.0 Å². The van der Waals surface area contributed by atoms with Gasteiger partial charge in [-0.1, -0.05) is 22.0 Å². The van der Waals surface area contributed by atoms with Crippen molar-refractivity contribution in [1.82, 2.24) is 0 Å². The highest BCUT2D eigenvalue weighted by Gasteiger charge is 2.01. The van der Waals surface area contributed by atoms with Gasteiger partial charge in [-0.3, -0.25) is 4.79 Å². The van der Waals surface area contributed by atoms with Gasteiger partial charge in [-0.15, -0.1) is 0 Å². The maximum Gasteiger partial charge on any atom is 0.221 e. The van der Waals surface area contributed by atoms with Crippen molar-refractivity contribution in [3.8, 4) is 0 Å². The summed E-state index contributed by atoms with van der Waals surface area (Å²) < 4.78 is 1.01. The molecule has 0 radical (unpaired) electrons. The first-order chi connectivity index (χ1) is 6.61. The van der Waals surface area contributed by atoms with E-state index in [1.54, 1.807) is 0 Å². The predicted molar refractivity (Wildman–Crippen MR) is 59.2 cm³/mol. The average Bonchev–Trinajstić information content (AvgIpc) is 2.16. The molecule has 14 heavy (non-hydrogen) atoms. The number of benzene rings is 1. The van der Waals surface area contributed by atoms with Gasteiger partial charge in [0.05, 0.1) is 0 Å². The molecule has 0 fully saturated rings. The third kappa shape index (κ3) is 3.87. The largest absolute Gasteiger partial charge is 0.326 e.